The Hall–Kier alpha value is -3.67. The van der Waals surface area contributed by atoms with Gasteiger partial charge >= 0.3 is 0 Å². The maximum absolute atomic E-state index is 7.05. The fourth-order valence-electron chi connectivity index (χ4n) is 2.20. The van der Waals surface area contributed by atoms with Gasteiger partial charge in [0.15, 0.2) is 0 Å². The summed E-state index contributed by atoms with van der Waals surface area (Å²) >= 11 is 0. The molecule has 2 aromatic carbocycles. The number of benzene rings is 2. The Balaban J connectivity index is 1.58. The third-order valence-electron chi connectivity index (χ3n) is 3.51. The Bertz CT molecular complexity index is 876. The highest BCUT2D eigenvalue weighted by Gasteiger charge is 2.02. The molecule has 1 heterocycles. The smallest absolute Gasteiger partial charge is 0.132 e. The van der Waals surface area contributed by atoms with Crippen molar-refractivity contribution in [2.24, 2.45) is 5.73 Å². The molecule has 3 aromatic rings. The van der Waals surface area contributed by atoms with E-state index in [4.69, 9.17) is 20.6 Å². The van der Waals surface area contributed by atoms with Gasteiger partial charge in [-0.15, -0.1) is 0 Å². The minimum atomic E-state index is 0.361. The number of nitrogens with zero attached hydrogens (tertiary/aromatic N) is 2. The third kappa shape index (κ3) is 4.67. The normalized spacial score (nSPS) is 11.0. The van der Waals surface area contributed by atoms with Gasteiger partial charge < -0.3 is 20.6 Å². The van der Waals surface area contributed by atoms with Crippen molar-refractivity contribution in [3.63, 3.8) is 0 Å². The topological polar surface area (TPSA) is 94.1 Å². The first kappa shape index (κ1) is 17.2. The SMILES string of the molecule is N=C/C=C(\N)c1ccc(Oc2ccc(OCc3cnccn3)cc2)cc1. The number of nitrogens with two attached hydrogens (primary N) is 1. The molecule has 0 unspecified atom stereocenters. The third-order valence-corrected chi connectivity index (χ3v) is 3.51. The van der Waals surface area contributed by atoms with Crippen LogP contribution in [0.2, 0.25) is 0 Å². The van der Waals surface area contributed by atoms with E-state index in [1.165, 1.54) is 6.08 Å². The van der Waals surface area contributed by atoms with E-state index in [1.54, 1.807) is 18.6 Å². The molecule has 0 saturated carbocycles. The largest absolute Gasteiger partial charge is 0.487 e. The van der Waals surface area contributed by atoms with Gasteiger partial charge in [-0.25, -0.2) is 0 Å². The molecule has 3 N–H and O–H groups in total. The molecule has 0 spiro atoms. The quantitative estimate of drug-likeness (QED) is 0.635. The van der Waals surface area contributed by atoms with E-state index < -0.39 is 0 Å². The molecule has 0 amide bonds. The Morgan fingerprint density at radius 2 is 1.62 bits per heavy atom. The minimum absolute atomic E-state index is 0.361. The van der Waals surface area contributed by atoms with Crippen molar-refractivity contribution in [3.8, 4) is 17.2 Å². The monoisotopic (exact) mass is 346 g/mol. The minimum Gasteiger partial charge on any atom is -0.487 e. The van der Waals surface area contributed by atoms with Crippen LogP contribution in [-0.2, 0) is 6.61 Å². The highest BCUT2D eigenvalue weighted by atomic mass is 16.5. The number of ether oxygens (including phenoxy) is 2. The lowest BCUT2D eigenvalue weighted by Crippen LogP contribution is -1.98. The van der Waals surface area contributed by atoms with Crippen molar-refractivity contribution >= 4 is 11.9 Å². The molecule has 0 bridgehead atoms. The number of nitrogens with one attached hydrogen (secondary N) is 1. The lowest BCUT2D eigenvalue weighted by atomic mass is 10.1. The summed E-state index contributed by atoms with van der Waals surface area (Å²) in [6.07, 6.45) is 7.63. The summed E-state index contributed by atoms with van der Waals surface area (Å²) in [5.74, 6) is 2.13. The summed E-state index contributed by atoms with van der Waals surface area (Å²) < 4.78 is 11.5. The molecule has 0 radical (unpaired) electrons. The van der Waals surface area contributed by atoms with Crippen molar-refractivity contribution in [3.05, 3.63) is 84.5 Å². The molecule has 26 heavy (non-hydrogen) atoms. The number of rotatable bonds is 7. The second-order valence-electron chi connectivity index (χ2n) is 5.37. The summed E-state index contributed by atoms with van der Waals surface area (Å²) in [5, 5.41) is 7.05. The van der Waals surface area contributed by atoms with Crippen molar-refractivity contribution in [1.82, 2.24) is 9.97 Å². The molecule has 1 aromatic heterocycles. The molecule has 130 valence electrons. The molecule has 0 atom stereocenters. The molecule has 3 rings (SSSR count). The van der Waals surface area contributed by atoms with E-state index in [2.05, 4.69) is 9.97 Å². The number of hydrogen-bond acceptors (Lipinski definition) is 6. The zero-order valence-corrected chi connectivity index (χ0v) is 14.0. The van der Waals surface area contributed by atoms with Crippen LogP contribution in [0.1, 0.15) is 11.3 Å². The lowest BCUT2D eigenvalue weighted by molar-refractivity contribution is 0.300. The van der Waals surface area contributed by atoms with E-state index in [-0.39, 0.29) is 0 Å². The number of hydrogen-bond donors (Lipinski definition) is 2. The average Bonchev–Trinajstić information content (AvgIpc) is 2.69. The Labute approximate surface area is 151 Å². The molecule has 0 fully saturated rings. The fourth-order valence-corrected chi connectivity index (χ4v) is 2.20. The van der Waals surface area contributed by atoms with Gasteiger partial charge in [0.05, 0.1) is 11.9 Å². The molecule has 6 nitrogen and oxygen atoms in total. The predicted molar refractivity (Wildman–Crippen MR) is 100 cm³/mol. The average molecular weight is 346 g/mol. The van der Waals surface area contributed by atoms with Gasteiger partial charge in [0.25, 0.3) is 0 Å². The summed E-state index contributed by atoms with van der Waals surface area (Å²) in [6, 6.07) is 14.7. The van der Waals surface area contributed by atoms with Crippen LogP contribution >= 0.6 is 0 Å². The van der Waals surface area contributed by atoms with Gasteiger partial charge in [0.2, 0.25) is 0 Å². The summed E-state index contributed by atoms with van der Waals surface area (Å²) in [7, 11) is 0. The van der Waals surface area contributed by atoms with Gasteiger partial charge in [-0.3, -0.25) is 9.97 Å². The fraction of sp³-hybridized carbons (Fsp3) is 0.0500. The molecule has 0 aliphatic rings. The summed E-state index contributed by atoms with van der Waals surface area (Å²) in [4.78, 5) is 8.16. The van der Waals surface area contributed by atoms with Crippen molar-refractivity contribution in [1.29, 1.82) is 5.41 Å². The van der Waals surface area contributed by atoms with Crippen LogP contribution in [0, 0.1) is 5.41 Å². The second kappa shape index (κ2) is 8.43. The standard InChI is InChI=1S/C20H18N4O2/c21-10-9-20(22)15-1-3-18(4-2-15)26-19-7-5-17(6-8-19)25-14-16-13-23-11-12-24-16/h1-13,21H,14,22H2/b20-9-,21-10?. The molecule has 0 aliphatic heterocycles. The predicted octanol–water partition coefficient (Wildman–Crippen LogP) is 3.80. The van der Waals surface area contributed by atoms with Gasteiger partial charge in [-0.2, -0.15) is 0 Å². The first-order chi connectivity index (χ1) is 12.7. The summed E-state index contributed by atoms with van der Waals surface area (Å²) in [5.41, 5.74) is 7.99. The van der Waals surface area contributed by atoms with Crippen LogP contribution in [0.15, 0.2) is 73.2 Å². The maximum atomic E-state index is 7.05. The van der Waals surface area contributed by atoms with E-state index in [1.807, 2.05) is 48.5 Å². The van der Waals surface area contributed by atoms with Crippen molar-refractivity contribution in [2.45, 2.75) is 6.61 Å². The molecule has 0 aliphatic carbocycles. The first-order valence-corrected chi connectivity index (χ1v) is 7.97. The summed E-state index contributed by atoms with van der Waals surface area (Å²) in [6.45, 7) is 0.361. The van der Waals surface area contributed by atoms with Gasteiger partial charge in [0, 0.05) is 24.3 Å². The van der Waals surface area contributed by atoms with Crippen LogP contribution in [0.4, 0.5) is 0 Å². The first-order valence-electron chi connectivity index (χ1n) is 7.97. The lowest BCUT2D eigenvalue weighted by Gasteiger charge is -2.09. The van der Waals surface area contributed by atoms with E-state index in [0.29, 0.717) is 23.8 Å². The Kier molecular flexibility index (Phi) is 5.57. The highest BCUT2D eigenvalue weighted by Crippen LogP contribution is 2.25. The zero-order chi connectivity index (χ0) is 18.2. The van der Waals surface area contributed by atoms with Gasteiger partial charge in [-0.1, -0.05) is 0 Å². The maximum Gasteiger partial charge on any atom is 0.132 e. The number of aromatic nitrogens is 2. The van der Waals surface area contributed by atoms with Crippen molar-refractivity contribution < 1.29 is 9.47 Å². The highest BCUT2D eigenvalue weighted by molar-refractivity contribution is 5.81. The van der Waals surface area contributed by atoms with Crippen LogP contribution in [0.5, 0.6) is 17.2 Å². The van der Waals surface area contributed by atoms with E-state index in [0.717, 1.165) is 23.2 Å². The Morgan fingerprint density at radius 1 is 0.962 bits per heavy atom. The van der Waals surface area contributed by atoms with Crippen LogP contribution in [0.25, 0.3) is 5.70 Å². The van der Waals surface area contributed by atoms with E-state index >= 15 is 0 Å². The van der Waals surface area contributed by atoms with E-state index in [9.17, 15) is 0 Å². The van der Waals surface area contributed by atoms with Crippen molar-refractivity contribution in [2.75, 3.05) is 0 Å². The number of allylic oxidation sites excluding steroid dienone is 1. The van der Waals surface area contributed by atoms with Crippen LogP contribution in [0.3, 0.4) is 0 Å². The molecular weight excluding hydrogens is 328 g/mol. The van der Waals surface area contributed by atoms with Crippen LogP contribution in [-0.4, -0.2) is 16.2 Å². The second-order valence-corrected chi connectivity index (χ2v) is 5.37. The molecule has 6 heteroatoms. The molecule has 0 saturated heterocycles. The molecular formula is C20H18N4O2. The zero-order valence-electron chi connectivity index (χ0n) is 14.0. The van der Waals surface area contributed by atoms with Gasteiger partial charge in [0.1, 0.15) is 23.9 Å². The van der Waals surface area contributed by atoms with Crippen LogP contribution < -0.4 is 15.2 Å². The van der Waals surface area contributed by atoms with Gasteiger partial charge in [-0.05, 0) is 60.2 Å². The Morgan fingerprint density at radius 3 is 2.23 bits per heavy atom.